The third-order valence-corrected chi connectivity index (χ3v) is 7.13. The van der Waals surface area contributed by atoms with Crippen LogP contribution in [0.1, 0.15) is 26.0 Å². The summed E-state index contributed by atoms with van der Waals surface area (Å²) < 4.78 is 5.87. The molecule has 6 rings (SSSR count). The fourth-order valence-electron chi connectivity index (χ4n) is 5.58. The standard InChI is InChI=1S/C27H31N7O2/c1-17-12-20(6-9-28-17)23-4-5-24-26(30-23)34(22-8-11-32(24)16-22)27(35)31-25-13-21(7-10-29-25)33-14-18(2)36-19(3)15-33/h4-7,9-10,12-13,18-19,22H,8,11,14-16H2,1-3H3,(H,29,31,35)/t18-,19+,22?. The van der Waals surface area contributed by atoms with Gasteiger partial charge in [0.25, 0.3) is 0 Å². The molecule has 1 N–H and O–H groups in total. The number of fused-ring (bicyclic) bond motifs is 4. The lowest BCUT2D eigenvalue weighted by atomic mass is 10.1. The highest BCUT2D eigenvalue weighted by molar-refractivity contribution is 6.04. The summed E-state index contributed by atoms with van der Waals surface area (Å²) in [4.78, 5) is 33.8. The van der Waals surface area contributed by atoms with Gasteiger partial charge in [-0.1, -0.05) is 0 Å². The van der Waals surface area contributed by atoms with E-state index in [-0.39, 0.29) is 24.3 Å². The van der Waals surface area contributed by atoms with Crippen LogP contribution in [0.15, 0.2) is 48.8 Å². The molecule has 2 fully saturated rings. The summed E-state index contributed by atoms with van der Waals surface area (Å²) in [6.45, 7) is 9.47. The largest absolute Gasteiger partial charge is 0.372 e. The van der Waals surface area contributed by atoms with E-state index in [9.17, 15) is 4.79 Å². The van der Waals surface area contributed by atoms with Crippen LogP contribution in [0.4, 0.5) is 27.8 Å². The Morgan fingerprint density at radius 1 is 1.00 bits per heavy atom. The Labute approximate surface area is 211 Å². The van der Waals surface area contributed by atoms with Gasteiger partial charge in [-0.25, -0.2) is 14.8 Å². The lowest BCUT2D eigenvalue weighted by molar-refractivity contribution is -0.00522. The fourth-order valence-corrected chi connectivity index (χ4v) is 5.58. The Morgan fingerprint density at radius 3 is 2.61 bits per heavy atom. The molecule has 1 unspecified atom stereocenters. The molecule has 186 valence electrons. The van der Waals surface area contributed by atoms with Gasteiger partial charge >= 0.3 is 6.03 Å². The molecular weight excluding hydrogens is 454 g/mol. The molecule has 9 nitrogen and oxygen atoms in total. The first-order valence-electron chi connectivity index (χ1n) is 12.6. The summed E-state index contributed by atoms with van der Waals surface area (Å²) in [5.74, 6) is 1.23. The zero-order chi connectivity index (χ0) is 24.8. The minimum absolute atomic E-state index is 0.0727. The van der Waals surface area contributed by atoms with Crippen molar-refractivity contribution in [2.24, 2.45) is 0 Å². The quantitative estimate of drug-likeness (QED) is 0.598. The number of ether oxygens (including phenoxy) is 1. The van der Waals surface area contributed by atoms with Gasteiger partial charge in [-0.2, -0.15) is 0 Å². The Bertz CT molecular complexity index is 1290. The summed E-state index contributed by atoms with van der Waals surface area (Å²) >= 11 is 0. The van der Waals surface area contributed by atoms with Gasteiger partial charge in [-0.15, -0.1) is 0 Å². The maximum atomic E-state index is 13.7. The zero-order valence-electron chi connectivity index (χ0n) is 20.9. The van der Waals surface area contributed by atoms with Crippen LogP contribution in [0.5, 0.6) is 0 Å². The van der Waals surface area contributed by atoms with Crippen molar-refractivity contribution in [3.05, 3.63) is 54.5 Å². The minimum atomic E-state index is -0.202. The summed E-state index contributed by atoms with van der Waals surface area (Å²) in [5, 5.41) is 3.06. The maximum absolute atomic E-state index is 13.7. The number of pyridine rings is 3. The van der Waals surface area contributed by atoms with Gasteiger partial charge in [0.1, 0.15) is 5.82 Å². The van der Waals surface area contributed by atoms with Crippen molar-refractivity contribution in [1.82, 2.24) is 15.0 Å². The van der Waals surface area contributed by atoms with Crippen molar-refractivity contribution in [2.45, 2.75) is 45.4 Å². The summed E-state index contributed by atoms with van der Waals surface area (Å²) in [7, 11) is 0. The molecule has 2 amide bonds. The normalized spacial score (nSPS) is 23.0. The van der Waals surface area contributed by atoms with E-state index >= 15 is 0 Å². The Morgan fingerprint density at radius 2 is 1.81 bits per heavy atom. The molecule has 3 aromatic heterocycles. The van der Waals surface area contributed by atoms with Gasteiger partial charge in [0.15, 0.2) is 5.82 Å². The van der Waals surface area contributed by atoms with E-state index in [0.717, 1.165) is 60.9 Å². The van der Waals surface area contributed by atoms with E-state index in [0.29, 0.717) is 11.6 Å². The van der Waals surface area contributed by atoms with Crippen LogP contribution in [0.2, 0.25) is 0 Å². The number of amides is 2. The number of aromatic nitrogens is 3. The summed E-state index contributed by atoms with van der Waals surface area (Å²) in [6.07, 6.45) is 4.75. The van der Waals surface area contributed by atoms with E-state index in [2.05, 4.69) is 45.0 Å². The maximum Gasteiger partial charge on any atom is 0.329 e. The lowest BCUT2D eigenvalue weighted by Gasteiger charge is -2.37. The van der Waals surface area contributed by atoms with E-state index < -0.39 is 0 Å². The number of carbonyl (C=O) groups excluding carboxylic acids is 1. The number of aryl methyl sites for hydroxylation is 1. The molecule has 0 radical (unpaired) electrons. The third-order valence-electron chi connectivity index (χ3n) is 7.13. The van der Waals surface area contributed by atoms with Gasteiger partial charge in [0, 0.05) is 61.6 Å². The molecular formula is C27H31N7O2. The predicted molar refractivity (Wildman–Crippen MR) is 141 cm³/mol. The molecule has 0 saturated carbocycles. The average molecular weight is 486 g/mol. The predicted octanol–water partition coefficient (Wildman–Crippen LogP) is 4.09. The number of hydrogen-bond acceptors (Lipinski definition) is 7. The molecule has 3 aromatic rings. The van der Waals surface area contributed by atoms with E-state index in [1.807, 2.05) is 42.2 Å². The number of carbonyl (C=O) groups is 1. The highest BCUT2D eigenvalue weighted by Crippen LogP contribution is 2.40. The van der Waals surface area contributed by atoms with Gasteiger partial charge < -0.3 is 14.5 Å². The van der Waals surface area contributed by atoms with Gasteiger partial charge in [0.2, 0.25) is 0 Å². The first kappa shape index (κ1) is 22.7. The first-order chi connectivity index (χ1) is 17.4. The molecule has 0 spiro atoms. The van der Waals surface area contributed by atoms with Crippen LogP contribution < -0.4 is 20.0 Å². The second-order valence-corrected chi connectivity index (χ2v) is 9.98. The molecule has 36 heavy (non-hydrogen) atoms. The number of nitrogens with one attached hydrogen (secondary N) is 1. The minimum Gasteiger partial charge on any atom is -0.372 e. The molecule has 3 atom stereocenters. The topological polar surface area (TPSA) is 86.7 Å². The second-order valence-electron chi connectivity index (χ2n) is 9.98. The van der Waals surface area contributed by atoms with Crippen molar-refractivity contribution < 1.29 is 9.53 Å². The van der Waals surface area contributed by atoms with E-state index in [1.165, 1.54) is 0 Å². The Hall–Kier alpha value is -3.72. The van der Waals surface area contributed by atoms with Crippen molar-refractivity contribution in [2.75, 3.05) is 46.2 Å². The van der Waals surface area contributed by atoms with Gasteiger partial charge in [-0.3, -0.25) is 15.2 Å². The summed E-state index contributed by atoms with van der Waals surface area (Å²) in [6, 6.07) is 11.9. The van der Waals surface area contributed by atoms with E-state index in [1.54, 1.807) is 12.4 Å². The number of urea groups is 1. The van der Waals surface area contributed by atoms with Crippen molar-refractivity contribution in [3.63, 3.8) is 0 Å². The molecule has 2 bridgehead atoms. The number of anilines is 4. The van der Waals surface area contributed by atoms with Crippen LogP contribution in [-0.4, -0.2) is 65.4 Å². The van der Waals surface area contributed by atoms with Crippen LogP contribution in [-0.2, 0) is 4.74 Å². The second kappa shape index (κ2) is 9.05. The Kier molecular flexibility index (Phi) is 5.72. The monoisotopic (exact) mass is 485 g/mol. The third kappa shape index (κ3) is 4.24. The first-order valence-corrected chi connectivity index (χ1v) is 12.6. The highest BCUT2D eigenvalue weighted by Gasteiger charge is 2.40. The smallest absolute Gasteiger partial charge is 0.329 e. The molecule has 9 heteroatoms. The number of nitrogens with zero attached hydrogens (tertiary/aromatic N) is 6. The van der Waals surface area contributed by atoms with Crippen molar-refractivity contribution >= 4 is 29.0 Å². The SMILES string of the molecule is Cc1cc(-c2ccc3c(n2)N(C(=O)Nc2cc(N4C[C@@H](C)O[C@@H](C)C4)ccn2)C2CCN3C2)ccn1. The zero-order valence-corrected chi connectivity index (χ0v) is 20.9. The van der Waals surface area contributed by atoms with E-state index in [4.69, 9.17) is 9.72 Å². The number of rotatable bonds is 3. The summed E-state index contributed by atoms with van der Waals surface area (Å²) in [5.41, 5.74) is 4.77. The van der Waals surface area contributed by atoms with Crippen LogP contribution in [0.25, 0.3) is 11.3 Å². The fraction of sp³-hybridized carbons (Fsp3) is 0.407. The highest BCUT2D eigenvalue weighted by atomic mass is 16.5. The molecule has 3 aliphatic heterocycles. The van der Waals surface area contributed by atoms with Crippen LogP contribution in [0.3, 0.4) is 0 Å². The molecule has 0 aromatic carbocycles. The molecule has 0 aliphatic carbocycles. The molecule has 2 saturated heterocycles. The van der Waals surface area contributed by atoms with Gasteiger partial charge in [0.05, 0.1) is 29.6 Å². The van der Waals surface area contributed by atoms with Crippen LogP contribution in [0, 0.1) is 6.92 Å². The van der Waals surface area contributed by atoms with Crippen molar-refractivity contribution in [3.8, 4) is 11.3 Å². The lowest BCUT2D eigenvalue weighted by Crippen LogP contribution is -2.48. The molecule has 6 heterocycles. The van der Waals surface area contributed by atoms with Crippen LogP contribution >= 0.6 is 0 Å². The van der Waals surface area contributed by atoms with Crippen molar-refractivity contribution in [1.29, 1.82) is 0 Å². The Balaban J connectivity index is 1.29. The average Bonchev–Trinajstić information content (AvgIpc) is 3.27. The number of hydrogen-bond donors (Lipinski definition) is 1. The number of morpholine rings is 1. The molecule has 3 aliphatic rings. The van der Waals surface area contributed by atoms with Gasteiger partial charge in [-0.05, 0) is 57.5 Å².